The van der Waals surface area contributed by atoms with Gasteiger partial charge in [-0.2, -0.15) is 0 Å². The molecule has 0 saturated heterocycles. The third-order valence-electron chi connectivity index (χ3n) is 4.08. The molecule has 1 amide bonds. The Morgan fingerprint density at radius 1 is 1.29 bits per heavy atom. The lowest BCUT2D eigenvalue weighted by Gasteiger charge is -2.34. The Balaban J connectivity index is 1.67. The highest BCUT2D eigenvalue weighted by molar-refractivity contribution is 5.94. The summed E-state index contributed by atoms with van der Waals surface area (Å²) in [7, 11) is 1.80. The van der Waals surface area contributed by atoms with Crippen molar-refractivity contribution in [3.8, 4) is 11.5 Å². The summed E-state index contributed by atoms with van der Waals surface area (Å²) in [6, 6.07) is 5.34. The zero-order valence-electron chi connectivity index (χ0n) is 12.2. The van der Waals surface area contributed by atoms with E-state index in [9.17, 15) is 9.90 Å². The maximum atomic E-state index is 12.4. The monoisotopic (exact) mass is 291 g/mol. The molecular formula is C16H21NO4. The summed E-state index contributed by atoms with van der Waals surface area (Å²) in [5.41, 5.74) is 0.613. The number of fused-ring (bicyclic) bond motifs is 1. The lowest BCUT2D eigenvalue weighted by Crippen LogP contribution is -2.39. The molecular weight excluding hydrogens is 270 g/mol. The van der Waals surface area contributed by atoms with Crippen molar-refractivity contribution < 1.29 is 19.4 Å². The van der Waals surface area contributed by atoms with E-state index in [1.165, 1.54) is 0 Å². The summed E-state index contributed by atoms with van der Waals surface area (Å²) in [4.78, 5) is 14.2. The third kappa shape index (κ3) is 3.13. The summed E-state index contributed by atoms with van der Waals surface area (Å²) in [6.07, 6.45) is 2.25. The second-order valence-electron chi connectivity index (χ2n) is 5.89. The molecule has 1 fully saturated rings. The lowest BCUT2D eigenvalue weighted by atomic mass is 9.82. The van der Waals surface area contributed by atoms with E-state index in [1.807, 2.05) is 0 Å². The van der Waals surface area contributed by atoms with Gasteiger partial charge in [0.25, 0.3) is 5.91 Å². The average molecular weight is 291 g/mol. The minimum atomic E-state index is -0.184. The molecule has 114 valence electrons. The van der Waals surface area contributed by atoms with Crippen molar-refractivity contribution in [2.75, 3.05) is 26.8 Å². The van der Waals surface area contributed by atoms with Gasteiger partial charge in [0.05, 0.1) is 19.3 Å². The van der Waals surface area contributed by atoms with E-state index >= 15 is 0 Å². The van der Waals surface area contributed by atoms with Crippen LogP contribution in [0.1, 0.15) is 29.6 Å². The highest BCUT2D eigenvalue weighted by atomic mass is 16.5. The molecule has 0 bridgehead atoms. The first kappa shape index (κ1) is 14.2. The Hall–Kier alpha value is -1.75. The molecule has 0 atom stereocenters. The van der Waals surface area contributed by atoms with Crippen LogP contribution in [0.3, 0.4) is 0 Å². The molecule has 1 aromatic rings. The van der Waals surface area contributed by atoms with Crippen LogP contribution in [0.15, 0.2) is 18.2 Å². The molecule has 1 saturated carbocycles. The summed E-state index contributed by atoms with van der Waals surface area (Å²) >= 11 is 0. The summed E-state index contributed by atoms with van der Waals surface area (Å²) in [6.45, 7) is 1.94. The highest BCUT2D eigenvalue weighted by Gasteiger charge is 2.29. The first-order valence-corrected chi connectivity index (χ1v) is 7.46. The van der Waals surface area contributed by atoms with Crippen molar-refractivity contribution in [3.05, 3.63) is 23.8 Å². The Morgan fingerprint density at radius 3 is 2.71 bits per heavy atom. The number of ether oxygens (including phenoxy) is 2. The van der Waals surface area contributed by atoms with E-state index in [0.717, 1.165) is 19.3 Å². The van der Waals surface area contributed by atoms with Gasteiger partial charge in [-0.15, -0.1) is 0 Å². The minimum Gasteiger partial charge on any atom is -0.490 e. The van der Waals surface area contributed by atoms with Gasteiger partial charge in [0.1, 0.15) is 0 Å². The second kappa shape index (κ2) is 5.93. The van der Waals surface area contributed by atoms with E-state index in [-0.39, 0.29) is 12.0 Å². The quantitative estimate of drug-likeness (QED) is 0.920. The number of hydrogen-bond donors (Lipinski definition) is 1. The molecule has 1 N–H and O–H groups in total. The topological polar surface area (TPSA) is 59.0 Å². The normalized spacial score (nSPS) is 23.9. The summed E-state index contributed by atoms with van der Waals surface area (Å²) < 4.78 is 11.2. The van der Waals surface area contributed by atoms with Crippen molar-refractivity contribution >= 4 is 5.91 Å². The molecule has 0 unspecified atom stereocenters. The van der Waals surface area contributed by atoms with Gasteiger partial charge in [0, 0.05) is 25.6 Å². The predicted molar refractivity (Wildman–Crippen MR) is 77.7 cm³/mol. The first-order chi connectivity index (χ1) is 10.1. The molecule has 0 spiro atoms. The van der Waals surface area contributed by atoms with Crippen LogP contribution in [0.4, 0.5) is 0 Å². The van der Waals surface area contributed by atoms with Gasteiger partial charge in [-0.1, -0.05) is 0 Å². The van der Waals surface area contributed by atoms with Gasteiger partial charge in [-0.3, -0.25) is 4.79 Å². The van der Waals surface area contributed by atoms with Gasteiger partial charge in [-0.25, -0.2) is 0 Å². The standard InChI is InChI=1S/C16H21NO4/c1-17(10-11-7-13(18)8-11)16(19)12-3-4-14-15(9-12)21-6-2-5-20-14/h3-4,9,11,13,18H,2,5-8,10H2,1H3. The van der Waals surface area contributed by atoms with E-state index < -0.39 is 0 Å². The number of hydrogen-bond acceptors (Lipinski definition) is 4. The van der Waals surface area contributed by atoms with Gasteiger partial charge >= 0.3 is 0 Å². The fourth-order valence-electron chi connectivity index (χ4n) is 2.84. The molecule has 1 heterocycles. The van der Waals surface area contributed by atoms with Crippen LogP contribution in [0.25, 0.3) is 0 Å². The fraction of sp³-hybridized carbons (Fsp3) is 0.562. The molecule has 5 heteroatoms. The average Bonchev–Trinajstić information content (AvgIpc) is 2.69. The van der Waals surface area contributed by atoms with E-state index in [4.69, 9.17) is 9.47 Å². The zero-order chi connectivity index (χ0) is 14.8. The zero-order valence-corrected chi connectivity index (χ0v) is 12.2. The van der Waals surface area contributed by atoms with Gasteiger partial charge in [-0.05, 0) is 37.0 Å². The number of aliphatic hydroxyl groups is 1. The molecule has 5 nitrogen and oxygen atoms in total. The van der Waals surface area contributed by atoms with E-state index in [1.54, 1.807) is 30.1 Å². The molecule has 3 rings (SSSR count). The minimum absolute atomic E-state index is 0.0213. The van der Waals surface area contributed by atoms with Crippen LogP contribution in [0.5, 0.6) is 11.5 Å². The second-order valence-corrected chi connectivity index (χ2v) is 5.89. The maximum absolute atomic E-state index is 12.4. The Morgan fingerprint density at radius 2 is 2.00 bits per heavy atom. The Labute approximate surface area is 124 Å². The molecule has 2 aliphatic rings. The van der Waals surface area contributed by atoms with E-state index in [2.05, 4.69) is 0 Å². The molecule has 21 heavy (non-hydrogen) atoms. The van der Waals surface area contributed by atoms with Crippen LogP contribution >= 0.6 is 0 Å². The highest BCUT2D eigenvalue weighted by Crippen LogP contribution is 2.31. The van der Waals surface area contributed by atoms with Crippen molar-refractivity contribution in [1.29, 1.82) is 0 Å². The van der Waals surface area contributed by atoms with Gasteiger partial charge in [0.2, 0.25) is 0 Å². The van der Waals surface area contributed by atoms with Crippen LogP contribution in [-0.4, -0.2) is 48.8 Å². The largest absolute Gasteiger partial charge is 0.490 e. The third-order valence-corrected chi connectivity index (χ3v) is 4.08. The fourth-order valence-corrected chi connectivity index (χ4v) is 2.84. The van der Waals surface area contributed by atoms with Crippen molar-refractivity contribution in [2.45, 2.75) is 25.4 Å². The number of carbonyl (C=O) groups excluding carboxylic acids is 1. The smallest absolute Gasteiger partial charge is 0.253 e. The molecule has 0 radical (unpaired) electrons. The lowest BCUT2D eigenvalue weighted by molar-refractivity contribution is 0.0265. The van der Waals surface area contributed by atoms with Crippen molar-refractivity contribution in [2.24, 2.45) is 5.92 Å². The predicted octanol–water partition coefficient (Wildman–Crippen LogP) is 1.69. The summed E-state index contributed by atoms with van der Waals surface area (Å²) in [5.74, 6) is 1.74. The van der Waals surface area contributed by atoms with E-state index in [0.29, 0.717) is 42.7 Å². The number of benzene rings is 1. The number of aliphatic hydroxyl groups excluding tert-OH is 1. The number of amides is 1. The van der Waals surface area contributed by atoms with Gasteiger partial charge < -0.3 is 19.5 Å². The van der Waals surface area contributed by atoms with Crippen LogP contribution < -0.4 is 9.47 Å². The number of rotatable bonds is 3. The Bertz CT molecular complexity index is 525. The number of carbonyl (C=O) groups is 1. The van der Waals surface area contributed by atoms with Crippen molar-refractivity contribution in [1.82, 2.24) is 4.90 Å². The van der Waals surface area contributed by atoms with Crippen LogP contribution in [-0.2, 0) is 0 Å². The maximum Gasteiger partial charge on any atom is 0.253 e. The molecule has 1 aliphatic carbocycles. The molecule has 1 aromatic carbocycles. The van der Waals surface area contributed by atoms with Crippen LogP contribution in [0.2, 0.25) is 0 Å². The Kier molecular flexibility index (Phi) is 4.01. The molecule has 0 aromatic heterocycles. The number of nitrogens with zero attached hydrogens (tertiary/aromatic N) is 1. The van der Waals surface area contributed by atoms with Gasteiger partial charge in [0.15, 0.2) is 11.5 Å². The SMILES string of the molecule is CN(CC1CC(O)C1)C(=O)c1ccc2c(c1)OCCCO2. The van der Waals surface area contributed by atoms with Crippen LogP contribution in [0, 0.1) is 5.92 Å². The summed E-state index contributed by atoms with van der Waals surface area (Å²) in [5, 5.41) is 9.31. The first-order valence-electron chi connectivity index (χ1n) is 7.46. The molecule has 1 aliphatic heterocycles. The van der Waals surface area contributed by atoms with Crippen molar-refractivity contribution in [3.63, 3.8) is 0 Å².